The van der Waals surface area contributed by atoms with Crippen LogP contribution in [0.4, 0.5) is 0 Å². The number of carbonyl (C=O) groups is 1. The molecule has 0 spiro atoms. The second-order valence-electron chi connectivity index (χ2n) is 3.03. The molecule has 0 aliphatic heterocycles. The van der Waals surface area contributed by atoms with E-state index in [2.05, 4.69) is 15.9 Å². The van der Waals surface area contributed by atoms with Crippen molar-refractivity contribution >= 4 is 20.6 Å². The Morgan fingerprint density at radius 3 is 2.08 bits per heavy atom. The van der Waals surface area contributed by atoms with E-state index in [9.17, 15) is 4.79 Å². The van der Waals surface area contributed by atoms with Gasteiger partial charge in [0.05, 0.1) is 0 Å². The molecule has 0 saturated carbocycles. The van der Waals surface area contributed by atoms with Crippen LogP contribution in [0, 0.1) is 20.8 Å². The van der Waals surface area contributed by atoms with E-state index in [1.165, 1.54) is 5.56 Å². The molecule has 2 heteroatoms. The highest BCUT2D eigenvalue weighted by molar-refractivity contribution is 9.18. The quantitative estimate of drug-likeness (QED) is 0.673. The summed E-state index contributed by atoms with van der Waals surface area (Å²) in [5.74, 6) is 0. The summed E-state index contributed by atoms with van der Waals surface area (Å²) in [4.78, 5) is 11.0. The third kappa shape index (κ3) is 1.75. The van der Waals surface area contributed by atoms with Crippen molar-refractivity contribution in [2.24, 2.45) is 0 Å². The Morgan fingerprint density at radius 2 is 1.58 bits per heavy atom. The molecule has 0 amide bonds. The fraction of sp³-hybridized carbons (Fsp3) is 0.300. The molecule has 0 N–H and O–H groups in total. The van der Waals surface area contributed by atoms with Gasteiger partial charge in [0.2, 0.25) is 4.69 Å². The Balaban J connectivity index is 3.33. The summed E-state index contributed by atoms with van der Waals surface area (Å²) in [6.07, 6.45) is 0. The van der Waals surface area contributed by atoms with Crippen LogP contribution in [0.3, 0.4) is 0 Å². The summed E-state index contributed by atoms with van der Waals surface area (Å²) in [5, 5.41) is 0. The van der Waals surface area contributed by atoms with Gasteiger partial charge in [-0.05, 0) is 59.5 Å². The summed E-state index contributed by atoms with van der Waals surface area (Å²) in [6, 6.07) is 3.95. The molecule has 1 aromatic rings. The minimum atomic E-state index is -0.0388. The van der Waals surface area contributed by atoms with Gasteiger partial charge in [-0.15, -0.1) is 0 Å². The highest BCUT2D eigenvalue weighted by Gasteiger charge is 2.06. The van der Waals surface area contributed by atoms with Crippen molar-refractivity contribution < 1.29 is 4.79 Å². The Morgan fingerprint density at radius 1 is 1.08 bits per heavy atom. The first-order valence-corrected chi connectivity index (χ1v) is 4.59. The Kier molecular flexibility index (Phi) is 2.68. The molecule has 0 aromatic heterocycles. The predicted molar refractivity (Wildman–Crippen MR) is 53.9 cm³/mol. The first-order valence-electron chi connectivity index (χ1n) is 3.80. The predicted octanol–water partition coefficient (Wildman–Crippen LogP) is 3.15. The normalized spacial score (nSPS) is 10.0. The number of aryl methyl sites for hydroxylation is 3. The monoisotopic (exact) mass is 226 g/mol. The van der Waals surface area contributed by atoms with Crippen molar-refractivity contribution in [3.05, 3.63) is 34.4 Å². The van der Waals surface area contributed by atoms with Crippen LogP contribution in [0.5, 0.6) is 0 Å². The minimum Gasteiger partial charge on any atom is -0.281 e. The van der Waals surface area contributed by atoms with Crippen LogP contribution in [-0.2, 0) is 0 Å². The Hall–Kier alpha value is -0.630. The molecule has 64 valence electrons. The smallest absolute Gasteiger partial charge is 0.228 e. The highest BCUT2D eigenvalue weighted by Crippen LogP contribution is 2.17. The van der Waals surface area contributed by atoms with E-state index in [0.29, 0.717) is 0 Å². The lowest BCUT2D eigenvalue weighted by Crippen LogP contribution is -1.95. The molecule has 0 atom stereocenters. The fourth-order valence-corrected chi connectivity index (χ4v) is 1.60. The number of carbonyl (C=O) groups excluding carboxylic acids is 1. The zero-order valence-corrected chi connectivity index (χ0v) is 9.03. The molecule has 1 aromatic carbocycles. The second kappa shape index (κ2) is 3.40. The van der Waals surface area contributed by atoms with E-state index >= 15 is 0 Å². The molecular weight excluding hydrogens is 216 g/mol. The first-order chi connectivity index (χ1) is 5.52. The van der Waals surface area contributed by atoms with Crippen molar-refractivity contribution in [1.29, 1.82) is 0 Å². The molecule has 0 heterocycles. The summed E-state index contributed by atoms with van der Waals surface area (Å²) >= 11 is 2.95. The van der Waals surface area contributed by atoms with Crippen molar-refractivity contribution in [2.75, 3.05) is 0 Å². The zero-order valence-electron chi connectivity index (χ0n) is 7.44. The molecule has 12 heavy (non-hydrogen) atoms. The standard InChI is InChI=1S/C10H11BrO/c1-6-4-8(3)9(10(11)12)5-7(6)2/h4-5H,1-3H3. The number of hydrogen-bond acceptors (Lipinski definition) is 1. The summed E-state index contributed by atoms with van der Waals surface area (Å²) in [5.41, 5.74) is 4.17. The molecule has 0 unspecified atom stereocenters. The van der Waals surface area contributed by atoms with Gasteiger partial charge in [0.1, 0.15) is 0 Å². The largest absolute Gasteiger partial charge is 0.281 e. The molecule has 1 rings (SSSR count). The van der Waals surface area contributed by atoms with Crippen molar-refractivity contribution in [1.82, 2.24) is 0 Å². The Bertz CT molecular complexity index is 329. The van der Waals surface area contributed by atoms with Crippen molar-refractivity contribution in [3.63, 3.8) is 0 Å². The lowest BCUT2D eigenvalue weighted by molar-refractivity contribution is 0.109. The maximum atomic E-state index is 11.0. The van der Waals surface area contributed by atoms with Gasteiger partial charge in [0.15, 0.2) is 0 Å². The van der Waals surface area contributed by atoms with Crippen LogP contribution in [0.1, 0.15) is 27.0 Å². The van der Waals surface area contributed by atoms with E-state index in [-0.39, 0.29) is 4.69 Å². The van der Waals surface area contributed by atoms with E-state index in [0.717, 1.165) is 16.7 Å². The number of halogens is 1. The van der Waals surface area contributed by atoms with Crippen LogP contribution >= 0.6 is 15.9 Å². The maximum Gasteiger partial charge on any atom is 0.228 e. The van der Waals surface area contributed by atoms with Crippen molar-refractivity contribution in [3.8, 4) is 0 Å². The van der Waals surface area contributed by atoms with Crippen molar-refractivity contribution in [2.45, 2.75) is 20.8 Å². The Labute approximate surface area is 80.9 Å². The number of benzene rings is 1. The van der Waals surface area contributed by atoms with E-state index in [1.807, 2.05) is 32.9 Å². The van der Waals surface area contributed by atoms with Gasteiger partial charge in [-0.2, -0.15) is 0 Å². The van der Waals surface area contributed by atoms with Gasteiger partial charge in [0.25, 0.3) is 0 Å². The molecule has 0 saturated heterocycles. The van der Waals surface area contributed by atoms with Gasteiger partial charge in [-0.1, -0.05) is 6.07 Å². The zero-order chi connectivity index (χ0) is 9.30. The van der Waals surface area contributed by atoms with Gasteiger partial charge >= 0.3 is 0 Å². The van der Waals surface area contributed by atoms with E-state index < -0.39 is 0 Å². The molecular formula is C10H11BrO. The molecule has 0 radical (unpaired) electrons. The molecule has 1 nitrogen and oxygen atoms in total. The number of rotatable bonds is 1. The molecule has 0 aliphatic carbocycles. The van der Waals surface area contributed by atoms with Crippen LogP contribution < -0.4 is 0 Å². The SMILES string of the molecule is Cc1cc(C)c(C(=O)Br)cc1C. The minimum absolute atomic E-state index is 0.0388. The van der Waals surface area contributed by atoms with Crippen LogP contribution in [0.25, 0.3) is 0 Å². The third-order valence-electron chi connectivity index (χ3n) is 2.05. The third-order valence-corrected chi connectivity index (χ3v) is 2.48. The fourth-order valence-electron chi connectivity index (χ4n) is 1.17. The lowest BCUT2D eigenvalue weighted by Gasteiger charge is -2.05. The second-order valence-corrected chi connectivity index (χ2v) is 3.75. The van der Waals surface area contributed by atoms with Gasteiger partial charge in [-0.3, -0.25) is 4.79 Å². The lowest BCUT2D eigenvalue weighted by atomic mass is 10.0. The molecule has 0 fully saturated rings. The average molecular weight is 227 g/mol. The summed E-state index contributed by atoms with van der Waals surface area (Å²) in [6.45, 7) is 6.00. The number of hydrogen-bond donors (Lipinski definition) is 0. The molecule has 0 aliphatic rings. The first kappa shape index (κ1) is 9.46. The summed E-state index contributed by atoms with van der Waals surface area (Å²) in [7, 11) is 0. The molecule has 0 bridgehead atoms. The topological polar surface area (TPSA) is 17.1 Å². The van der Waals surface area contributed by atoms with Gasteiger partial charge in [0, 0.05) is 5.56 Å². The van der Waals surface area contributed by atoms with Gasteiger partial charge < -0.3 is 0 Å². The van der Waals surface area contributed by atoms with Crippen LogP contribution in [0.15, 0.2) is 12.1 Å². The van der Waals surface area contributed by atoms with E-state index in [1.54, 1.807) is 0 Å². The van der Waals surface area contributed by atoms with Crippen LogP contribution in [-0.4, -0.2) is 4.69 Å². The van der Waals surface area contributed by atoms with Crippen LogP contribution in [0.2, 0.25) is 0 Å². The van der Waals surface area contributed by atoms with Gasteiger partial charge in [-0.25, -0.2) is 0 Å². The van der Waals surface area contributed by atoms with E-state index in [4.69, 9.17) is 0 Å². The summed E-state index contributed by atoms with van der Waals surface area (Å²) < 4.78 is -0.0388. The average Bonchev–Trinajstić information content (AvgIpc) is 1.96. The highest BCUT2D eigenvalue weighted by atomic mass is 79.9. The maximum absolute atomic E-state index is 11.0.